The van der Waals surface area contributed by atoms with Gasteiger partial charge in [0.25, 0.3) is 0 Å². The molecule has 0 bridgehead atoms. The van der Waals surface area contributed by atoms with Crippen molar-refractivity contribution in [1.29, 1.82) is 0 Å². The number of hydrogen-bond acceptors (Lipinski definition) is 2. The minimum atomic E-state index is -0.225. The first-order valence-electron chi connectivity index (χ1n) is 6.17. The number of benzene rings is 2. The molecule has 0 unspecified atom stereocenters. The number of nitrogens with two attached hydrogens (primary N) is 1. The van der Waals surface area contributed by atoms with Crippen molar-refractivity contribution < 1.29 is 4.39 Å². The van der Waals surface area contributed by atoms with E-state index in [1.165, 1.54) is 12.1 Å². The van der Waals surface area contributed by atoms with E-state index < -0.39 is 0 Å². The van der Waals surface area contributed by atoms with Gasteiger partial charge in [0, 0.05) is 23.2 Å². The van der Waals surface area contributed by atoms with E-state index in [0.29, 0.717) is 6.54 Å². The lowest BCUT2D eigenvalue weighted by atomic mass is 10.1. The van der Waals surface area contributed by atoms with E-state index in [-0.39, 0.29) is 5.82 Å². The fraction of sp³-hybridized carbons (Fsp3) is 0.200. The Bertz CT molecular complexity index is 555. The first-order valence-corrected chi connectivity index (χ1v) is 6.96. The Kier molecular flexibility index (Phi) is 4.56. The third kappa shape index (κ3) is 3.14. The summed E-state index contributed by atoms with van der Waals surface area (Å²) >= 11 is 3.57. The molecule has 0 amide bonds. The molecule has 0 radical (unpaired) electrons. The van der Waals surface area contributed by atoms with Crippen molar-refractivity contribution >= 4 is 27.3 Å². The Labute approximate surface area is 121 Å². The van der Waals surface area contributed by atoms with Gasteiger partial charge in [-0.15, -0.1) is 0 Å². The molecule has 0 aliphatic rings. The average Bonchev–Trinajstić information content (AvgIpc) is 2.43. The van der Waals surface area contributed by atoms with Crippen LogP contribution in [0.25, 0.3) is 0 Å². The van der Waals surface area contributed by atoms with Crippen molar-refractivity contribution in [3.05, 3.63) is 58.3 Å². The number of halogens is 2. The first-order chi connectivity index (χ1) is 9.15. The maximum absolute atomic E-state index is 13.0. The molecular weight excluding hydrogens is 307 g/mol. The highest BCUT2D eigenvalue weighted by Crippen LogP contribution is 2.32. The van der Waals surface area contributed by atoms with Gasteiger partial charge in [0.15, 0.2) is 0 Å². The van der Waals surface area contributed by atoms with E-state index in [4.69, 9.17) is 5.73 Å². The summed E-state index contributed by atoms with van der Waals surface area (Å²) < 4.78 is 14.0. The smallest absolute Gasteiger partial charge is 0.123 e. The second-order valence-electron chi connectivity index (χ2n) is 4.21. The zero-order chi connectivity index (χ0) is 13.8. The van der Waals surface area contributed by atoms with Crippen molar-refractivity contribution in [2.75, 3.05) is 11.4 Å². The molecule has 100 valence electrons. The van der Waals surface area contributed by atoms with E-state index in [1.807, 2.05) is 18.2 Å². The average molecular weight is 323 g/mol. The maximum Gasteiger partial charge on any atom is 0.123 e. The zero-order valence-corrected chi connectivity index (χ0v) is 12.3. The lowest BCUT2D eigenvalue weighted by Gasteiger charge is -2.25. The molecule has 0 aromatic heterocycles. The van der Waals surface area contributed by atoms with Crippen LogP contribution in [-0.2, 0) is 6.54 Å². The largest absolute Gasteiger partial charge is 0.341 e. The van der Waals surface area contributed by atoms with Gasteiger partial charge in [0.2, 0.25) is 0 Å². The molecule has 2 rings (SSSR count). The molecule has 0 atom stereocenters. The monoisotopic (exact) mass is 322 g/mol. The van der Waals surface area contributed by atoms with Crippen LogP contribution in [0.15, 0.2) is 46.9 Å². The summed E-state index contributed by atoms with van der Waals surface area (Å²) in [6.45, 7) is 3.38. The third-order valence-electron chi connectivity index (χ3n) is 2.99. The summed E-state index contributed by atoms with van der Waals surface area (Å²) in [5.41, 5.74) is 8.71. The second kappa shape index (κ2) is 6.17. The van der Waals surface area contributed by atoms with Crippen molar-refractivity contribution in [3.63, 3.8) is 0 Å². The fourth-order valence-corrected chi connectivity index (χ4v) is 2.65. The summed E-state index contributed by atoms with van der Waals surface area (Å²) in [7, 11) is 0. The van der Waals surface area contributed by atoms with Crippen LogP contribution < -0.4 is 10.6 Å². The molecule has 2 nitrogen and oxygen atoms in total. The molecule has 0 saturated heterocycles. The van der Waals surface area contributed by atoms with Crippen LogP contribution in [0.3, 0.4) is 0 Å². The van der Waals surface area contributed by atoms with Crippen LogP contribution >= 0.6 is 15.9 Å². The van der Waals surface area contributed by atoms with Gasteiger partial charge in [-0.05, 0) is 64.8 Å². The van der Waals surface area contributed by atoms with E-state index in [2.05, 4.69) is 27.8 Å². The molecule has 0 aliphatic heterocycles. The standard InChI is InChI=1S/C15H16BrFN2/c1-2-19(13-6-4-12(17)5-7-13)15-8-3-11(10-18)9-14(15)16/h3-9H,2,10,18H2,1H3. The van der Waals surface area contributed by atoms with Crippen LogP contribution in [0.4, 0.5) is 15.8 Å². The van der Waals surface area contributed by atoms with Gasteiger partial charge >= 0.3 is 0 Å². The lowest BCUT2D eigenvalue weighted by molar-refractivity contribution is 0.628. The molecule has 4 heteroatoms. The van der Waals surface area contributed by atoms with E-state index >= 15 is 0 Å². The van der Waals surface area contributed by atoms with Crippen molar-refractivity contribution in [2.45, 2.75) is 13.5 Å². The molecule has 0 heterocycles. The van der Waals surface area contributed by atoms with Gasteiger partial charge in [-0.2, -0.15) is 0 Å². The zero-order valence-electron chi connectivity index (χ0n) is 10.7. The second-order valence-corrected chi connectivity index (χ2v) is 5.06. The van der Waals surface area contributed by atoms with Crippen LogP contribution in [0.5, 0.6) is 0 Å². The summed E-state index contributed by atoms with van der Waals surface area (Å²) in [6, 6.07) is 12.6. The van der Waals surface area contributed by atoms with Crippen molar-refractivity contribution in [1.82, 2.24) is 0 Å². The predicted octanol–water partition coefficient (Wildman–Crippen LogP) is 4.20. The van der Waals surface area contributed by atoms with Gasteiger partial charge < -0.3 is 10.6 Å². The van der Waals surface area contributed by atoms with Crippen molar-refractivity contribution in [2.24, 2.45) is 5.73 Å². The Hall–Kier alpha value is -1.39. The molecule has 2 aromatic carbocycles. The highest BCUT2D eigenvalue weighted by atomic mass is 79.9. The molecule has 2 aromatic rings. The van der Waals surface area contributed by atoms with Crippen LogP contribution in [0, 0.1) is 5.82 Å². The van der Waals surface area contributed by atoms with Crippen LogP contribution in [0.2, 0.25) is 0 Å². The topological polar surface area (TPSA) is 29.3 Å². The van der Waals surface area contributed by atoms with Crippen LogP contribution in [0.1, 0.15) is 12.5 Å². The number of nitrogens with zero attached hydrogens (tertiary/aromatic N) is 1. The van der Waals surface area contributed by atoms with Crippen LogP contribution in [-0.4, -0.2) is 6.54 Å². The number of rotatable bonds is 4. The quantitative estimate of drug-likeness (QED) is 0.913. The summed E-state index contributed by atoms with van der Waals surface area (Å²) in [5.74, 6) is -0.225. The van der Waals surface area contributed by atoms with Crippen molar-refractivity contribution in [3.8, 4) is 0 Å². The molecular formula is C15H16BrFN2. The molecule has 0 aliphatic carbocycles. The Morgan fingerprint density at radius 2 is 1.84 bits per heavy atom. The number of anilines is 2. The molecule has 2 N–H and O–H groups in total. The van der Waals surface area contributed by atoms with Gasteiger partial charge in [0.1, 0.15) is 5.82 Å². The Balaban J connectivity index is 2.39. The molecule has 19 heavy (non-hydrogen) atoms. The number of hydrogen-bond donors (Lipinski definition) is 1. The molecule has 0 saturated carbocycles. The normalized spacial score (nSPS) is 10.5. The van der Waals surface area contributed by atoms with Gasteiger partial charge in [-0.1, -0.05) is 6.07 Å². The fourth-order valence-electron chi connectivity index (χ4n) is 2.01. The first kappa shape index (κ1) is 14.0. The lowest BCUT2D eigenvalue weighted by Crippen LogP contribution is -2.16. The van der Waals surface area contributed by atoms with Gasteiger partial charge in [0.05, 0.1) is 5.69 Å². The highest BCUT2D eigenvalue weighted by Gasteiger charge is 2.11. The SMILES string of the molecule is CCN(c1ccc(F)cc1)c1ccc(CN)cc1Br. The molecule has 0 spiro atoms. The Morgan fingerprint density at radius 3 is 2.37 bits per heavy atom. The van der Waals surface area contributed by atoms with E-state index in [1.54, 1.807) is 12.1 Å². The highest BCUT2D eigenvalue weighted by molar-refractivity contribution is 9.10. The summed E-state index contributed by atoms with van der Waals surface area (Å²) in [6.07, 6.45) is 0. The predicted molar refractivity (Wildman–Crippen MR) is 81.1 cm³/mol. The summed E-state index contributed by atoms with van der Waals surface area (Å²) in [4.78, 5) is 2.11. The minimum Gasteiger partial charge on any atom is -0.341 e. The summed E-state index contributed by atoms with van der Waals surface area (Å²) in [5, 5.41) is 0. The van der Waals surface area contributed by atoms with E-state index in [9.17, 15) is 4.39 Å². The Morgan fingerprint density at radius 1 is 1.16 bits per heavy atom. The maximum atomic E-state index is 13.0. The van der Waals surface area contributed by atoms with E-state index in [0.717, 1.165) is 28.0 Å². The third-order valence-corrected chi connectivity index (χ3v) is 3.63. The van der Waals surface area contributed by atoms with Gasteiger partial charge in [-0.25, -0.2) is 4.39 Å². The van der Waals surface area contributed by atoms with Gasteiger partial charge in [-0.3, -0.25) is 0 Å². The molecule has 0 fully saturated rings. The minimum absolute atomic E-state index is 0.225.